The second-order valence-corrected chi connectivity index (χ2v) is 8.47. The molecule has 4 nitrogen and oxygen atoms in total. The molecular weight excluding hydrogens is 356 g/mol. The van der Waals surface area contributed by atoms with Gasteiger partial charge in [0, 0.05) is 43.0 Å². The first-order valence-electron chi connectivity index (χ1n) is 9.57. The Hall–Kier alpha value is -1.98. The monoisotopic (exact) mass is 384 g/mol. The van der Waals surface area contributed by atoms with Gasteiger partial charge in [-0.15, -0.1) is 11.3 Å². The van der Waals surface area contributed by atoms with Crippen molar-refractivity contribution in [3.05, 3.63) is 56.8 Å². The van der Waals surface area contributed by atoms with Gasteiger partial charge in [-0.1, -0.05) is 23.8 Å². The van der Waals surface area contributed by atoms with Crippen LogP contribution in [0, 0.1) is 20.8 Å². The van der Waals surface area contributed by atoms with Gasteiger partial charge in [0.15, 0.2) is 5.78 Å². The molecule has 1 amide bonds. The summed E-state index contributed by atoms with van der Waals surface area (Å²) in [6.07, 6.45) is 1.39. The molecule has 0 bridgehead atoms. The lowest BCUT2D eigenvalue weighted by Crippen LogP contribution is -2.50. The average Bonchev–Trinajstić information content (AvgIpc) is 3.13. The first-order valence-corrected chi connectivity index (χ1v) is 10.5. The van der Waals surface area contributed by atoms with Crippen LogP contribution >= 0.6 is 11.3 Å². The predicted octanol–water partition coefficient (Wildman–Crippen LogP) is 3.63. The number of carbonyl (C=O) groups is 2. The van der Waals surface area contributed by atoms with Crippen molar-refractivity contribution in [2.45, 2.75) is 33.6 Å². The lowest BCUT2D eigenvalue weighted by Gasteiger charge is -2.34. The fraction of sp³-hybridized carbons (Fsp3) is 0.455. The first kappa shape index (κ1) is 19.8. The molecule has 0 radical (unpaired) electrons. The lowest BCUT2D eigenvalue weighted by molar-refractivity contribution is -0.132. The largest absolute Gasteiger partial charge is 0.340 e. The van der Waals surface area contributed by atoms with E-state index in [4.69, 9.17) is 0 Å². The highest BCUT2D eigenvalue weighted by Gasteiger charge is 2.23. The number of benzene rings is 1. The molecule has 2 aromatic rings. The van der Waals surface area contributed by atoms with Gasteiger partial charge in [-0.25, -0.2) is 0 Å². The molecule has 0 unspecified atom stereocenters. The van der Waals surface area contributed by atoms with Crippen molar-refractivity contribution in [2.75, 3.05) is 32.7 Å². The van der Waals surface area contributed by atoms with Crippen molar-refractivity contribution in [1.82, 2.24) is 9.80 Å². The van der Waals surface area contributed by atoms with Crippen molar-refractivity contribution in [3.8, 4) is 0 Å². The Morgan fingerprint density at radius 1 is 1.04 bits per heavy atom. The van der Waals surface area contributed by atoms with Crippen LogP contribution in [0.15, 0.2) is 29.6 Å². The highest BCUT2D eigenvalue weighted by molar-refractivity contribution is 7.09. The molecule has 1 fully saturated rings. The number of aryl methyl sites for hydroxylation is 4. The van der Waals surface area contributed by atoms with E-state index in [-0.39, 0.29) is 11.7 Å². The normalized spacial score (nSPS) is 15.1. The quantitative estimate of drug-likeness (QED) is 0.714. The first-order chi connectivity index (χ1) is 12.9. The van der Waals surface area contributed by atoms with Crippen LogP contribution in [0.5, 0.6) is 0 Å². The fourth-order valence-electron chi connectivity index (χ4n) is 3.90. The van der Waals surface area contributed by atoms with Crippen LogP contribution < -0.4 is 0 Å². The van der Waals surface area contributed by atoms with E-state index in [9.17, 15) is 9.59 Å². The molecule has 0 saturated carbocycles. The Kier molecular flexibility index (Phi) is 6.45. The number of hydrogen-bond acceptors (Lipinski definition) is 4. The summed E-state index contributed by atoms with van der Waals surface area (Å²) in [6.45, 7) is 9.46. The highest BCUT2D eigenvalue weighted by Crippen LogP contribution is 2.18. The van der Waals surface area contributed by atoms with Crippen molar-refractivity contribution in [3.63, 3.8) is 0 Å². The number of nitrogens with zero attached hydrogens (tertiary/aromatic N) is 2. The van der Waals surface area contributed by atoms with E-state index in [1.54, 1.807) is 11.3 Å². The molecule has 1 aromatic heterocycles. The second-order valence-electron chi connectivity index (χ2n) is 7.43. The molecule has 1 saturated heterocycles. The van der Waals surface area contributed by atoms with Gasteiger partial charge in [0.25, 0.3) is 0 Å². The van der Waals surface area contributed by atoms with Gasteiger partial charge < -0.3 is 4.90 Å². The van der Waals surface area contributed by atoms with Crippen molar-refractivity contribution in [2.24, 2.45) is 0 Å². The van der Waals surface area contributed by atoms with Crippen LogP contribution in [0.25, 0.3) is 0 Å². The van der Waals surface area contributed by atoms with Gasteiger partial charge >= 0.3 is 0 Å². The summed E-state index contributed by atoms with van der Waals surface area (Å²) in [5.74, 6) is 0.405. The highest BCUT2D eigenvalue weighted by atomic mass is 32.1. The Balaban J connectivity index is 1.49. The molecule has 0 spiro atoms. The predicted molar refractivity (Wildman–Crippen MR) is 111 cm³/mol. The SMILES string of the molecule is Cc1cc(C)c(C(=O)CN2CCN(C(=O)CCc3cccs3)CC2)c(C)c1. The number of piperazine rings is 1. The van der Waals surface area contributed by atoms with E-state index in [0.29, 0.717) is 26.1 Å². The summed E-state index contributed by atoms with van der Waals surface area (Å²) in [5.41, 5.74) is 4.16. The topological polar surface area (TPSA) is 40.6 Å². The molecule has 27 heavy (non-hydrogen) atoms. The van der Waals surface area contributed by atoms with Crippen LogP contribution in [0.4, 0.5) is 0 Å². The molecule has 0 atom stereocenters. The minimum Gasteiger partial charge on any atom is -0.340 e. The van der Waals surface area contributed by atoms with Gasteiger partial charge in [-0.05, 0) is 49.8 Å². The fourth-order valence-corrected chi connectivity index (χ4v) is 4.61. The van der Waals surface area contributed by atoms with Gasteiger partial charge in [0.1, 0.15) is 0 Å². The Morgan fingerprint density at radius 2 is 1.70 bits per heavy atom. The van der Waals surface area contributed by atoms with Crippen molar-refractivity contribution in [1.29, 1.82) is 0 Å². The number of ketones is 1. The van der Waals surface area contributed by atoms with E-state index >= 15 is 0 Å². The van der Waals surface area contributed by atoms with Crippen LogP contribution in [0.1, 0.15) is 38.3 Å². The molecule has 1 aliphatic rings. The van der Waals surface area contributed by atoms with E-state index in [0.717, 1.165) is 36.2 Å². The van der Waals surface area contributed by atoms with Crippen LogP contribution in [0.2, 0.25) is 0 Å². The molecule has 5 heteroatoms. The molecule has 1 aromatic carbocycles. The molecule has 0 aliphatic carbocycles. The molecular formula is C22H28N2O2S. The smallest absolute Gasteiger partial charge is 0.223 e. The van der Waals surface area contributed by atoms with Crippen LogP contribution in [-0.2, 0) is 11.2 Å². The molecule has 3 rings (SSSR count). The zero-order valence-electron chi connectivity index (χ0n) is 16.5. The maximum Gasteiger partial charge on any atom is 0.223 e. The Labute approximate surface area is 165 Å². The summed E-state index contributed by atoms with van der Waals surface area (Å²) in [5, 5.41) is 2.05. The maximum absolute atomic E-state index is 12.8. The molecule has 2 heterocycles. The number of Topliss-reactive ketones (excluding diaryl/α,β-unsaturated/α-hetero) is 1. The third-order valence-corrected chi connectivity index (χ3v) is 6.15. The Bertz CT molecular complexity index is 783. The summed E-state index contributed by atoms with van der Waals surface area (Å²) >= 11 is 1.70. The van der Waals surface area contributed by atoms with Crippen LogP contribution in [0.3, 0.4) is 0 Å². The van der Waals surface area contributed by atoms with Gasteiger partial charge in [-0.2, -0.15) is 0 Å². The summed E-state index contributed by atoms with van der Waals surface area (Å²) in [4.78, 5) is 30.6. The third kappa shape index (κ3) is 5.05. The van der Waals surface area contributed by atoms with Crippen molar-refractivity contribution < 1.29 is 9.59 Å². The summed E-state index contributed by atoms with van der Waals surface area (Å²) in [7, 11) is 0. The van der Waals surface area contributed by atoms with Crippen LogP contribution in [-0.4, -0.2) is 54.2 Å². The average molecular weight is 385 g/mol. The van der Waals surface area contributed by atoms with Gasteiger partial charge in [-0.3, -0.25) is 14.5 Å². The number of amides is 1. The van der Waals surface area contributed by atoms with E-state index in [1.807, 2.05) is 30.2 Å². The zero-order chi connectivity index (χ0) is 19.4. The Morgan fingerprint density at radius 3 is 2.30 bits per heavy atom. The molecule has 0 N–H and O–H groups in total. The molecule has 1 aliphatic heterocycles. The van der Waals surface area contributed by atoms with Crippen molar-refractivity contribution >= 4 is 23.0 Å². The van der Waals surface area contributed by atoms with E-state index in [1.165, 1.54) is 10.4 Å². The standard InChI is InChI=1S/C22H28N2O2S/c1-16-13-17(2)22(18(3)14-16)20(25)15-23-8-10-24(11-9-23)21(26)7-6-19-5-4-12-27-19/h4-5,12-14H,6-11,15H2,1-3H3. The third-order valence-electron chi connectivity index (χ3n) is 5.21. The lowest BCUT2D eigenvalue weighted by atomic mass is 9.96. The van der Waals surface area contributed by atoms with E-state index in [2.05, 4.69) is 30.0 Å². The minimum atomic E-state index is 0.183. The van der Waals surface area contributed by atoms with Gasteiger partial charge in [0.2, 0.25) is 5.91 Å². The maximum atomic E-state index is 12.8. The van der Waals surface area contributed by atoms with Gasteiger partial charge in [0.05, 0.1) is 6.54 Å². The summed E-state index contributed by atoms with van der Waals surface area (Å²) < 4.78 is 0. The second kappa shape index (κ2) is 8.81. The number of rotatable bonds is 6. The number of thiophene rings is 1. The summed E-state index contributed by atoms with van der Waals surface area (Å²) in [6, 6.07) is 8.25. The van der Waals surface area contributed by atoms with E-state index < -0.39 is 0 Å². The zero-order valence-corrected chi connectivity index (χ0v) is 17.3. The minimum absolute atomic E-state index is 0.183. The number of hydrogen-bond donors (Lipinski definition) is 0. The number of carbonyl (C=O) groups excluding carboxylic acids is 2. The molecule has 144 valence electrons.